The fourth-order valence-electron chi connectivity index (χ4n) is 3.66. The minimum atomic E-state index is 0.205. The summed E-state index contributed by atoms with van der Waals surface area (Å²) in [5.41, 5.74) is 2.09. The van der Waals surface area contributed by atoms with E-state index in [2.05, 4.69) is 34.2 Å². The van der Waals surface area contributed by atoms with E-state index in [4.69, 9.17) is 4.42 Å². The first-order valence-electron chi connectivity index (χ1n) is 10.4. The van der Waals surface area contributed by atoms with Crippen LogP contribution in [0, 0.1) is 5.92 Å². The fourth-order valence-corrected chi connectivity index (χ4v) is 3.66. The van der Waals surface area contributed by atoms with Crippen LogP contribution in [0.15, 0.2) is 65.1 Å². The van der Waals surface area contributed by atoms with E-state index < -0.39 is 0 Å². The molecule has 150 valence electrons. The summed E-state index contributed by atoms with van der Waals surface area (Å²) in [5, 5.41) is 8.26. The summed E-state index contributed by atoms with van der Waals surface area (Å²) in [7, 11) is 0. The lowest BCUT2D eigenvalue weighted by Gasteiger charge is -2.30. The smallest absolute Gasteiger partial charge is 0.247 e. The Kier molecular flexibility index (Phi) is 6.03. The van der Waals surface area contributed by atoms with Crippen molar-refractivity contribution >= 4 is 5.91 Å². The number of hydrogen-bond acceptors (Lipinski definition) is 4. The molecule has 1 aliphatic carbocycles. The number of carbonyl (C=O) groups excluding carboxylic acids is 1. The monoisotopic (exact) mass is 389 g/mol. The molecule has 0 bridgehead atoms. The summed E-state index contributed by atoms with van der Waals surface area (Å²) in [5.74, 6) is 1.96. The molecule has 4 rings (SSSR count). The van der Waals surface area contributed by atoms with Gasteiger partial charge in [-0.3, -0.25) is 4.79 Å². The Balaban J connectivity index is 1.34. The minimum Gasteiger partial charge on any atom is -0.421 e. The van der Waals surface area contributed by atoms with Crippen LogP contribution >= 0.6 is 0 Å². The molecule has 0 aliphatic heterocycles. The zero-order valence-electron chi connectivity index (χ0n) is 16.8. The largest absolute Gasteiger partial charge is 0.421 e. The maximum absolute atomic E-state index is 13.0. The predicted molar refractivity (Wildman–Crippen MR) is 112 cm³/mol. The summed E-state index contributed by atoms with van der Waals surface area (Å²) in [6.45, 7) is 2.86. The Morgan fingerprint density at radius 1 is 1.07 bits per heavy atom. The first-order valence-corrected chi connectivity index (χ1v) is 10.4. The third-order valence-corrected chi connectivity index (χ3v) is 5.58. The molecule has 1 atom stereocenters. The summed E-state index contributed by atoms with van der Waals surface area (Å²) in [6.07, 6.45) is 4.27. The highest BCUT2D eigenvalue weighted by molar-refractivity contribution is 5.76. The van der Waals surface area contributed by atoms with E-state index in [9.17, 15) is 4.79 Å². The number of aromatic nitrogens is 2. The zero-order chi connectivity index (χ0) is 20.1. The van der Waals surface area contributed by atoms with E-state index in [-0.39, 0.29) is 11.9 Å². The van der Waals surface area contributed by atoms with Crippen molar-refractivity contribution in [2.24, 2.45) is 5.92 Å². The van der Waals surface area contributed by atoms with Gasteiger partial charge < -0.3 is 9.32 Å². The van der Waals surface area contributed by atoms with Crippen LogP contribution in [0.5, 0.6) is 0 Å². The van der Waals surface area contributed by atoms with Gasteiger partial charge in [-0.25, -0.2) is 0 Å². The molecule has 1 unspecified atom stereocenters. The molecular formula is C24H27N3O2. The highest BCUT2D eigenvalue weighted by atomic mass is 16.4. The molecule has 0 radical (unpaired) electrons. The summed E-state index contributed by atoms with van der Waals surface area (Å²) >= 11 is 0. The van der Waals surface area contributed by atoms with E-state index in [1.165, 1.54) is 18.4 Å². The maximum atomic E-state index is 13.0. The molecule has 1 aliphatic rings. The quantitative estimate of drug-likeness (QED) is 0.523. The van der Waals surface area contributed by atoms with Gasteiger partial charge >= 0.3 is 0 Å². The van der Waals surface area contributed by atoms with E-state index in [1.807, 2.05) is 48.5 Å². The van der Waals surface area contributed by atoms with Gasteiger partial charge in [-0.05, 0) is 49.8 Å². The van der Waals surface area contributed by atoms with E-state index in [0.717, 1.165) is 5.56 Å². The van der Waals surface area contributed by atoms with Crippen LogP contribution in [-0.2, 0) is 17.8 Å². The highest BCUT2D eigenvalue weighted by Gasteiger charge is 2.34. The Bertz CT molecular complexity index is 920. The molecule has 1 amide bonds. The Morgan fingerprint density at radius 2 is 1.76 bits per heavy atom. The standard InChI is InChI=1S/C24H27N3O2/c1-18(20-15-16-20)27(17-19-9-4-2-5-10-19)23(28)14-8-13-22-25-26-24(29-22)21-11-6-3-7-12-21/h2-7,9-12,18,20H,8,13-17H2,1H3. The first-order chi connectivity index (χ1) is 14.2. The second kappa shape index (κ2) is 9.03. The van der Waals surface area contributed by atoms with E-state index >= 15 is 0 Å². The van der Waals surface area contributed by atoms with Gasteiger partial charge in [0.05, 0.1) is 0 Å². The van der Waals surface area contributed by atoms with Crippen molar-refractivity contribution in [1.82, 2.24) is 15.1 Å². The molecule has 0 spiro atoms. The normalized spacial score (nSPS) is 14.5. The Labute approximate surface area is 171 Å². The molecule has 3 aromatic rings. The van der Waals surface area contributed by atoms with Crippen LogP contribution in [0.4, 0.5) is 0 Å². The van der Waals surface area contributed by atoms with Crippen LogP contribution in [0.2, 0.25) is 0 Å². The van der Waals surface area contributed by atoms with Gasteiger partial charge in [0, 0.05) is 31.0 Å². The maximum Gasteiger partial charge on any atom is 0.247 e. The molecular weight excluding hydrogens is 362 g/mol. The SMILES string of the molecule is CC(C1CC1)N(Cc1ccccc1)C(=O)CCCc1nnc(-c2ccccc2)o1. The average Bonchev–Trinajstić information content (AvgIpc) is 3.51. The predicted octanol–water partition coefficient (Wildman–Crippen LogP) is 4.89. The van der Waals surface area contributed by atoms with Crippen molar-refractivity contribution in [3.8, 4) is 11.5 Å². The Morgan fingerprint density at radius 3 is 2.45 bits per heavy atom. The van der Waals surface area contributed by atoms with Crippen molar-refractivity contribution in [2.75, 3.05) is 0 Å². The van der Waals surface area contributed by atoms with Gasteiger partial charge in [0.25, 0.3) is 0 Å². The molecule has 1 heterocycles. The molecule has 5 heteroatoms. The van der Waals surface area contributed by atoms with E-state index in [0.29, 0.717) is 43.5 Å². The van der Waals surface area contributed by atoms with Gasteiger partial charge in [-0.2, -0.15) is 0 Å². The second-order valence-corrected chi connectivity index (χ2v) is 7.81. The zero-order valence-corrected chi connectivity index (χ0v) is 16.8. The van der Waals surface area contributed by atoms with Crippen molar-refractivity contribution < 1.29 is 9.21 Å². The summed E-state index contributed by atoms with van der Waals surface area (Å²) in [4.78, 5) is 15.0. The number of carbonyl (C=O) groups is 1. The van der Waals surface area contributed by atoms with Gasteiger partial charge in [0.2, 0.25) is 17.7 Å². The molecule has 2 aromatic carbocycles. The Hall–Kier alpha value is -2.95. The number of nitrogens with zero attached hydrogens (tertiary/aromatic N) is 3. The van der Waals surface area contributed by atoms with E-state index in [1.54, 1.807) is 0 Å². The van der Waals surface area contributed by atoms with Gasteiger partial charge in [0.15, 0.2) is 0 Å². The topological polar surface area (TPSA) is 59.2 Å². The van der Waals surface area contributed by atoms with Crippen molar-refractivity contribution in [1.29, 1.82) is 0 Å². The van der Waals surface area contributed by atoms with Gasteiger partial charge in [-0.15, -0.1) is 10.2 Å². The van der Waals surface area contributed by atoms with Gasteiger partial charge in [0.1, 0.15) is 0 Å². The molecule has 1 aromatic heterocycles. The molecule has 1 saturated carbocycles. The number of hydrogen-bond donors (Lipinski definition) is 0. The third kappa shape index (κ3) is 5.11. The molecule has 0 saturated heterocycles. The molecule has 29 heavy (non-hydrogen) atoms. The van der Waals surface area contributed by atoms with Crippen LogP contribution in [-0.4, -0.2) is 27.0 Å². The van der Waals surface area contributed by atoms with Crippen molar-refractivity contribution in [3.63, 3.8) is 0 Å². The first kappa shape index (κ1) is 19.4. The highest BCUT2D eigenvalue weighted by Crippen LogP contribution is 2.36. The van der Waals surface area contributed by atoms with Crippen LogP contribution in [0.1, 0.15) is 44.1 Å². The van der Waals surface area contributed by atoms with Crippen LogP contribution in [0.25, 0.3) is 11.5 Å². The van der Waals surface area contributed by atoms with Crippen molar-refractivity contribution in [2.45, 2.75) is 51.6 Å². The summed E-state index contributed by atoms with van der Waals surface area (Å²) in [6, 6.07) is 20.3. The van der Waals surface area contributed by atoms with Crippen molar-refractivity contribution in [3.05, 3.63) is 72.1 Å². The number of benzene rings is 2. The second-order valence-electron chi connectivity index (χ2n) is 7.81. The molecule has 1 fully saturated rings. The molecule has 0 N–H and O–H groups in total. The summed E-state index contributed by atoms with van der Waals surface area (Å²) < 4.78 is 5.76. The van der Waals surface area contributed by atoms with Gasteiger partial charge in [-0.1, -0.05) is 48.5 Å². The number of rotatable bonds is 9. The van der Waals surface area contributed by atoms with Crippen LogP contribution in [0.3, 0.4) is 0 Å². The minimum absolute atomic E-state index is 0.205. The number of aryl methyl sites for hydroxylation is 1. The fraction of sp³-hybridized carbons (Fsp3) is 0.375. The lowest BCUT2D eigenvalue weighted by molar-refractivity contribution is -0.134. The lowest BCUT2D eigenvalue weighted by atomic mass is 10.1. The average molecular weight is 389 g/mol. The molecule has 5 nitrogen and oxygen atoms in total. The number of amides is 1. The lowest BCUT2D eigenvalue weighted by Crippen LogP contribution is -2.39. The van der Waals surface area contributed by atoms with Crippen LogP contribution < -0.4 is 0 Å². The third-order valence-electron chi connectivity index (χ3n) is 5.58.